The average Bonchev–Trinajstić information content (AvgIpc) is 2.44. The Bertz CT molecular complexity index is 692. The molecule has 0 radical (unpaired) electrons. The smallest absolute Gasteiger partial charge is 0.246 e. The molecule has 0 aliphatic heterocycles. The summed E-state index contributed by atoms with van der Waals surface area (Å²) >= 11 is 0. The van der Waals surface area contributed by atoms with Crippen LogP contribution in [-0.2, 0) is 14.8 Å². The monoisotopic (exact) mass is 313 g/mol. The van der Waals surface area contributed by atoms with Gasteiger partial charge in [0.25, 0.3) is 0 Å². The van der Waals surface area contributed by atoms with Gasteiger partial charge >= 0.3 is 0 Å². The Morgan fingerprint density at radius 3 is 2.67 bits per heavy atom. The Labute approximate surface area is 123 Å². The Morgan fingerprint density at radius 2 is 2.14 bits per heavy atom. The summed E-state index contributed by atoms with van der Waals surface area (Å²) < 4.78 is 39.1. The van der Waals surface area contributed by atoms with Gasteiger partial charge in [-0.1, -0.05) is 11.8 Å². The van der Waals surface area contributed by atoms with Gasteiger partial charge in [-0.25, -0.2) is 12.8 Å². The number of halogens is 1. The molecule has 0 aliphatic rings. The fourth-order valence-electron chi connectivity index (χ4n) is 1.48. The first kappa shape index (κ1) is 17.1. The molecule has 21 heavy (non-hydrogen) atoms. The summed E-state index contributed by atoms with van der Waals surface area (Å²) in [5, 5.41) is 2.30. The van der Waals surface area contributed by atoms with E-state index in [0.29, 0.717) is 5.56 Å². The molecule has 0 saturated heterocycles. The normalized spacial score (nSPS) is 10.9. The lowest BCUT2D eigenvalue weighted by molar-refractivity contribution is -0.120. The molecule has 0 unspecified atom stereocenters. The molecule has 0 aromatic heterocycles. The maximum atomic E-state index is 13.9. The van der Waals surface area contributed by atoms with Crippen LogP contribution >= 0.6 is 0 Å². The largest absolute Gasteiger partial charge is 0.358 e. The summed E-state index contributed by atoms with van der Waals surface area (Å²) in [7, 11) is -1.50. The van der Waals surface area contributed by atoms with Crippen molar-refractivity contribution >= 4 is 15.9 Å². The maximum Gasteiger partial charge on any atom is 0.246 e. The number of likely N-dealkylation sites (N-methyl/N-ethyl adjacent to an activating group) is 2. The lowest BCUT2D eigenvalue weighted by Crippen LogP contribution is -2.37. The molecule has 1 aromatic rings. The van der Waals surface area contributed by atoms with Gasteiger partial charge in [-0.2, -0.15) is 4.31 Å². The van der Waals surface area contributed by atoms with E-state index in [-0.39, 0.29) is 6.54 Å². The maximum absolute atomic E-state index is 13.9. The second-order valence-electron chi connectivity index (χ2n) is 4.09. The fourth-order valence-corrected chi connectivity index (χ4v) is 2.64. The fraction of sp³-hybridized carbons (Fsp3) is 0.308. The van der Waals surface area contributed by atoms with Crippen LogP contribution in [0.2, 0.25) is 0 Å². The summed E-state index contributed by atoms with van der Waals surface area (Å²) in [5.41, 5.74) is 5.53. The van der Waals surface area contributed by atoms with Crippen molar-refractivity contribution in [2.24, 2.45) is 5.73 Å². The highest BCUT2D eigenvalue weighted by molar-refractivity contribution is 7.89. The number of amides is 1. The van der Waals surface area contributed by atoms with E-state index in [9.17, 15) is 17.6 Å². The number of nitrogens with zero attached hydrogens (tertiary/aromatic N) is 1. The minimum atomic E-state index is -4.09. The Balaban J connectivity index is 3.12. The highest BCUT2D eigenvalue weighted by Gasteiger charge is 2.25. The van der Waals surface area contributed by atoms with Crippen molar-refractivity contribution in [1.29, 1.82) is 0 Å². The average molecular weight is 313 g/mol. The van der Waals surface area contributed by atoms with Crippen molar-refractivity contribution in [3.63, 3.8) is 0 Å². The molecule has 8 heteroatoms. The van der Waals surface area contributed by atoms with Crippen molar-refractivity contribution in [3.8, 4) is 11.8 Å². The molecule has 1 aromatic carbocycles. The number of nitrogens with one attached hydrogen (secondary N) is 1. The lowest BCUT2D eigenvalue weighted by atomic mass is 10.2. The second-order valence-corrected chi connectivity index (χ2v) is 6.10. The number of carbonyl (C=O) groups excluding carboxylic acids is 1. The van der Waals surface area contributed by atoms with Crippen molar-refractivity contribution in [3.05, 3.63) is 29.6 Å². The van der Waals surface area contributed by atoms with Crippen LogP contribution < -0.4 is 11.1 Å². The zero-order valence-electron chi connectivity index (χ0n) is 11.7. The molecule has 114 valence electrons. The molecule has 0 spiro atoms. The van der Waals surface area contributed by atoms with Crippen molar-refractivity contribution < 1.29 is 17.6 Å². The molecule has 0 heterocycles. The predicted octanol–water partition coefficient (Wildman–Crippen LogP) is -0.498. The van der Waals surface area contributed by atoms with Crippen LogP contribution in [0.15, 0.2) is 23.1 Å². The molecule has 1 rings (SSSR count). The van der Waals surface area contributed by atoms with E-state index < -0.39 is 33.2 Å². The predicted molar refractivity (Wildman–Crippen MR) is 76.2 cm³/mol. The molecule has 0 bridgehead atoms. The molecule has 0 saturated carbocycles. The van der Waals surface area contributed by atoms with E-state index in [2.05, 4.69) is 17.2 Å². The van der Waals surface area contributed by atoms with Crippen molar-refractivity contribution in [1.82, 2.24) is 9.62 Å². The number of hydrogen-bond donors (Lipinski definition) is 2. The van der Waals surface area contributed by atoms with Crippen molar-refractivity contribution in [2.75, 3.05) is 27.2 Å². The summed E-state index contributed by atoms with van der Waals surface area (Å²) in [4.78, 5) is 10.7. The number of carbonyl (C=O) groups is 1. The van der Waals surface area contributed by atoms with Gasteiger partial charge in [0.1, 0.15) is 10.7 Å². The minimum Gasteiger partial charge on any atom is -0.358 e. The highest BCUT2D eigenvalue weighted by Crippen LogP contribution is 2.19. The summed E-state index contributed by atoms with van der Waals surface area (Å²) in [6.07, 6.45) is 0. The molecule has 3 N–H and O–H groups in total. The molecular formula is C13H16FN3O3S. The van der Waals surface area contributed by atoms with Gasteiger partial charge < -0.3 is 11.1 Å². The second kappa shape index (κ2) is 7.17. The quantitative estimate of drug-likeness (QED) is 0.733. The van der Waals surface area contributed by atoms with E-state index in [0.717, 1.165) is 16.4 Å². The molecule has 0 atom stereocenters. The first-order valence-corrected chi connectivity index (χ1v) is 7.42. The standard InChI is InChI=1S/C13H16FN3O3S/c1-16-13(18)9-17(2)21(19,20)12-6-5-10(4-3-7-15)8-11(12)14/h5-6,8H,7,9,15H2,1-2H3,(H,16,18). The Kier molecular flexibility index (Phi) is 5.84. The number of nitrogens with two attached hydrogens (primary N) is 1. The molecule has 6 nitrogen and oxygen atoms in total. The number of sulfonamides is 1. The summed E-state index contributed by atoms with van der Waals surface area (Å²) in [5.74, 6) is 3.73. The van der Waals surface area contributed by atoms with E-state index in [4.69, 9.17) is 5.73 Å². The molecule has 1 amide bonds. The van der Waals surface area contributed by atoms with Crippen LogP contribution in [0.4, 0.5) is 4.39 Å². The van der Waals surface area contributed by atoms with Crippen LogP contribution in [0.5, 0.6) is 0 Å². The topological polar surface area (TPSA) is 92.5 Å². The first-order valence-electron chi connectivity index (χ1n) is 5.98. The summed E-state index contributed by atoms with van der Waals surface area (Å²) in [6, 6.07) is 3.52. The summed E-state index contributed by atoms with van der Waals surface area (Å²) in [6.45, 7) is -0.274. The van der Waals surface area contributed by atoms with Gasteiger partial charge in [0.15, 0.2) is 0 Å². The van der Waals surface area contributed by atoms with Gasteiger partial charge in [-0.15, -0.1) is 0 Å². The Morgan fingerprint density at radius 1 is 1.48 bits per heavy atom. The van der Waals surface area contributed by atoms with Gasteiger partial charge in [0.2, 0.25) is 15.9 Å². The van der Waals surface area contributed by atoms with E-state index in [1.165, 1.54) is 20.2 Å². The minimum absolute atomic E-state index is 0.122. The third kappa shape index (κ3) is 4.26. The SMILES string of the molecule is CNC(=O)CN(C)S(=O)(=O)c1ccc(C#CCN)cc1F. The zero-order valence-corrected chi connectivity index (χ0v) is 12.5. The van der Waals surface area contributed by atoms with Gasteiger partial charge in [0, 0.05) is 19.7 Å². The molecular weight excluding hydrogens is 297 g/mol. The Hall–Kier alpha value is -1.95. The van der Waals surface area contributed by atoms with Crippen LogP contribution in [0.3, 0.4) is 0 Å². The van der Waals surface area contributed by atoms with Gasteiger partial charge in [-0.05, 0) is 18.2 Å². The molecule has 0 fully saturated rings. The number of hydrogen-bond acceptors (Lipinski definition) is 4. The zero-order chi connectivity index (χ0) is 16.0. The first-order chi connectivity index (χ1) is 9.82. The van der Waals surface area contributed by atoms with Gasteiger partial charge in [0.05, 0.1) is 13.1 Å². The van der Waals surface area contributed by atoms with Crippen LogP contribution in [-0.4, -0.2) is 45.8 Å². The van der Waals surface area contributed by atoms with E-state index >= 15 is 0 Å². The third-order valence-corrected chi connectivity index (χ3v) is 4.44. The van der Waals surface area contributed by atoms with Crippen LogP contribution in [0.1, 0.15) is 5.56 Å². The molecule has 0 aliphatic carbocycles. The van der Waals surface area contributed by atoms with Crippen LogP contribution in [0.25, 0.3) is 0 Å². The van der Waals surface area contributed by atoms with E-state index in [1.807, 2.05) is 0 Å². The number of benzene rings is 1. The third-order valence-electron chi connectivity index (χ3n) is 2.60. The van der Waals surface area contributed by atoms with Crippen LogP contribution in [0, 0.1) is 17.7 Å². The highest BCUT2D eigenvalue weighted by atomic mass is 32.2. The number of rotatable bonds is 4. The van der Waals surface area contributed by atoms with E-state index in [1.54, 1.807) is 0 Å². The van der Waals surface area contributed by atoms with Crippen molar-refractivity contribution in [2.45, 2.75) is 4.90 Å². The lowest BCUT2D eigenvalue weighted by Gasteiger charge is -2.16. The van der Waals surface area contributed by atoms with Gasteiger partial charge in [-0.3, -0.25) is 4.79 Å².